The van der Waals surface area contributed by atoms with Gasteiger partial charge in [-0.2, -0.15) is 0 Å². The quantitative estimate of drug-likeness (QED) is 0.847. The molecule has 5 nitrogen and oxygen atoms in total. The lowest BCUT2D eigenvalue weighted by Crippen LogP contribution is -2.43. The van der Waals surface area contributed by atoms with Gasteiger partial charge in [-0.15, -0.1) is 0 Å². The van der Waals surface area contributed by atoms with Crippen molar-refractivity contribution in [3.63, 3.8) is 0 Å². The van der Waals surface area contributed by atoms with Crippen LogP contribution in [0.3, 0.4) is 0 Å². The lowest BCUT2D eigenvalue weighted by Gasteiger charge is -2.26. The second kappa shape index (κ2) is 4.38. The molecule has 0 bridgehead atoms. The van der Waals surface area contributed by atoms with Crippen molar-refractivity contribution in [2.24, 2.45) is 0 Å². The van der Waals surface area contributed by atoms with Crippen LogP contribution in [0.5, 0.6) is 0 Å². The van der Waals surface area contributed by atoms with Gasteiger partial charge in [0.2, 0.25) is 0 Å². The average Bonchev–Trinajstić information content (AvgIpc) is 2.85. The average molecular weight is 278 g/mol. The number of H-pyrrole nitrogens is 1. The minimum Gasteiger partial charge on any atom is -0.361 e. The van der Waals surface area contributed by atoms with Gasteiger partial charge in [-0.1, -0.05) is 6.07 Å². The number of nitrogens with zero attached hydrogens (tertiary/aromatic N) is 1. The first-order valence-electron chi connectivity index (χ1n) is 6.12. The highest BCUT2D eigenvalue weighted by molar-refractivity contribution is 7.91. The van der Waals surface area contributed by atoms with Gasteiger partial charge in [0, 0.05) is 30.4 Å². The topological polar surface area (TPSA) is 70.2 Å². The first-order chi connectivity index (χ1) is 9.05. The maximum atomic E-state index is 12.3. The van der Waals surface area contributed by atoms with Gasteiger partial charge in [-0.25, -0.2) is 8.42 Å². The molecule has 0 saturated carbocycles. The van der Waals surface area contributed by atoms with Crippen LogP contribution in [0.4, 0.5) is 0 Å². The zero-order valence-electron chi connectivity index (χ0n) is 10.3. The summed E-state index contributed by atoms with van der Waals surface area (Å²) in [6, 6.07) is 7.42. The Kier molecular flexibility index (Phi) is 2.82. The van der Waals surface area contributed by atoms with Crippen LogP contribution in [0, 0.1) is 0 Å². The van der Waals surface area contributed by atoms with Crippen molar-refractivity contribution in [3.8, 4) is 0 Å². The Hall–Kier alpha value is -1.82. The molecule has 2 heterocycles. The second-order valence-electron chi connectivity index (χ2n) is 4.72. The molecule has 1 aliphatic heterocycles. The van der Waals surface area contributed by atoms with E-state index in [-0.39, 0.29) is 30.5 Å². The first-order valence-corrected chi connectivity index (χ1v) is 7.94. The molecule has 0 spiro atoms. The normalized spacial score (nSPS) is 18.6. The fourth-order valence-corrected chi connectivity index (χ4v) is 3.48. The molecule has 3 rings (SSSR count). The number of nitrogens with one attached hydrogen (secondary N) is 1. The van der Waals surface area contributed by atoms with E-state index in [1.165, 1.54) is 0 Å². The number of carbonyl (C=O) groups is 1. The zero-order valence-corrected chi connectivity index (χ0v) is 11.1. The van der Waals surface area contributed by atoms with Crippen molar-refractivity contribution in [2.75, 3.05) is 24.6 Å². The van der Waals surface area contributed by atoms with Gasteiger partial charge >= 0.3 is 0 Å². The monoisotopic (exact) mass is 278 g/mol. The van der Waals surface area contributed by atoms with E-state index in [9.17, 15) is 13.2 Å². The summed E-state index contributed by atoms with van der Waals surface area (Å²) in [5, 5.41) is 1.05. The number of fused-ring (bicyclic) bond motifs is 1. The Bertz CT molecular complexity index is 719. The number of benzene rings is 1. The summed E-state index contributed by atoms with van der Waals surface area (Å²) in [7, 11) is -2.96. The lowest BCUT2D eigenvalue weighted by atomic mass is 10.1. The fraction of sp³-hybridized carbons (Fsp3) is 0.308. The summed E-state index contributed by atoms with van der Waals surface area (Å²) >= 11 is 0. The van der Waals surface area contributed by atoms with Gasteiger partial charge in [0.15, 0.2) is 9.84 Å². The maximum Gasteiger partial charge on any atom is 0.253 e. The molecule has 0 aliphatic carbocycles. The van der Waals surface area contributed by atoms with Crippen LogP contribution in [0.25, 0.3) is 10.9 Å². The van der Waals surface area contributed by atoms with E-state index in [0.717, 1.165) is 10.9 Å². The van der Waals surface area contributed by atoms with Crippen molar-refractivity contribution < 1.29 is 13.2 Å². The molecule has 6 heteroatoms. The van der Waals surface area contributed by atoms with Crippen LogP contribution >= 0.6 is 0 Å². The molecule has 0 atom stereocenters. The van der Waals surface area contributed by atoms with Crippen molar-refractivity contribution in [1.82, 2.24) is 9.88 Å². The van der Waals surface area contributed by atoms with E-state index in [1.54, 1.807) is 17.0 Å². The third-order valence-corrected chi connectivity index (χ3v) is 5.04. The van der Waals surface area contributed by atoms with Crippen LogP contribution in [0.15, 0.2) is 30.5 Å². The van der Waals surface area contributed by atoms with E-state index in [0.29, 0.717) is 5.56 Å². The predicted molar refractivity (Wildman–Crippen MR) is 72.9 cm³/mol. The number of sulfone groups is 1. The van der Waals surface area contributed by atoms with E-state index in [2.05, 4.69) is 4.98 Å². The maximum absolute atomic E-state index is 12.3. The molecule has 19 heavy (non-hydrogen) atoms. The predicted octanol–water partition coefficient (Wildman–Crippen LogP) is 1.04. The molecule has 1 fully saturated rings. The number of carbonyl (C=O) groups excluding carboxylic acids is 1. The van der Waals surface area contributed by atoms with Crippen LogP contribution in [0.1, 0.15) is 10.4 Å². The highest BCUT2D eigenvalue weighted by Gasteiger charge is 2.25. The molecule has 1 saturated heterocycles. The molecule has 1 aliphatic rings. The molecule has 1 amide bonds. The molecular weight excluding hydrogens is 264 g/mol. The minimum absolute atomic E-state index is 0.0590. The summed E-state index contributed by atoms with van der Waals surface area (Å²) in [6.45, 7) is 0.563. The highest BCUT2D eigenvalue weighted by atomic mass is 32.2. The number of hydrogen-bond acceptors (Lipinski definition) is 3. The molecular formula is C13H14N2O3S. The van der Waals surface area contributed by atoms with Crippen LogP contribution in [-0.4, -0.2) is 48.8 Å². The van der Waals surface area contributed by atoms with Gasteiger partial charge in [-0.3, -0.25) is 4.79 Å². The molecule has 1 N–H and O–H groups in total. The van der Waals surface area contributed by atoms with Crippen molar-refractivity contribution in [2.45, 2.75) is 0 Å². The van der Waals surface area contributed by atoms with Crippen molar-refractivity contribution >= 4 is 26.6 Å². The van der Waals surface area contributed by atoms with Crippen LogP contribution in [0.2, 0.25) is 0 Å². The van der Waals surface area contributed by atoms with Crippen LogP contribution in [-0.2, 0) is 9.84 Å². The SMILES string of the molecule is O=C(c1ccc2cc[nH]c2c1)N1CCS(=O)(=O)CC1. The van der Waals surface area contributed by atoms with Crippen LogP contribution < -0.4 is 0 Å². The summed E-state index contributed by atoms with van der Waals surface area (Å²) < 4.78 is 22.7. The van der Waals surface area contributed by atoms with E-state index in [4.69, 9.17) is 0 Å². The molecule has 100 valence electrons. The largest absolute Gasteiger partial charge is 0.361 e. The minimum atomic E-state index is -2.96. The smallest absolute Gasteiger partial charge is 0.253 e. The Balaban J connectivity index is 1.83. The molecule has 0 unspecified atom stereocenters. The molecule has 1 aromatic carbocycles. The van der Waals surface area contributed by atoms with Gasteiger partial charge in [0.1, 0.15) is 0 Å². The van der Waals surface area contributed by atoms with Gasteiger partial charge in [0.25, 0.3) is 5.91 Å². The molecule has 0 radical (unpaired) electrons. The van der Waals surface area contributed by atoms with Gasteiger partial charge < -0.3 is 9.88 Å². The zero-order chi connectivity index (χ0) is 13.5. The second-order valence-corrected chi connectivity index (χ2v) is 7.03. The Morgan fingerprint density at radius 2 is 1.89 bits per heavy atom. The standard InChI is InChI=1S/C13H14N2O3S/c16-13(15-5-7-19(17,18)8-6-15)11-2-1-10-3-4-14-12(10)9-11/h1-4,9,14H,5-8H2. The first kappa shape index (κ1) is 12.2. The number of hydrogen-bond donors (Lipinski definition) is 1. The van der Waals surface area contributed by atoms with Crippen molar-refractivity contribution in [3.05, 3.63) is 36.0 Å². The molecule has 2 aromatic rings. The third kappa shape index (κ3) is 2.35. The Labute approximate surface area is 111 Å². The summed E-state index contributed by atoms with van der Waals surface area (Å²) in [5.41, 5.74) is 1.50. The van der Waals surface area contributed by atoms with Gasteiger partial charge in [-0.05, 0) is 23.6 Å². The van der Waals surface area contributed by atoms with E-state index < -0.39 is 9.84 Å². The lowest BCUT2D eigenvalue weighted by molar-refractivity contribution is 0.0770. The highest BCUT2D eigenvalue weighted by Crippen LogP contribution is 2.16. The summed E-state index contributed by atoms with van der Waals surface area (Å²) in [5.74, 6) is 0.0128. The number of rotatable bonds is 1. The Morgan fingerprint density at radius 3 is 2.63 bits per heavy atom. The molecule has 1 aromatic heterocycles. The number of aromatic amines is 1. The van der Waals surface area contributed by atoms with Gasteiger partial charge in [0.05, 0.1) is 11.5 Å². The van der Waals surface area contributed by atoms with E-state index >= 15 is 0 Å². The number of aromatic nitrogens is 1. The van der Waals surface area contributed by atoms with Crippen molar-refractivity contribution in [1.29, 1.82) is 0 Å². The number of amides is 1. The summed E-state index contributed by atoms with van der Waals surface area (Å²) in [4.78, 5) is 17.0. The summed E-state index contributed by atoms with van der Waals surface area (Å²) in [6.07, 6.45) is 1.83. The van der Waals surface area contributed by atoms with E-state index in [1.807, 2.05) is 18.3 Å². The fourth-order valence-electron chi connectivity index (χ4n) is 2.28. The Morgan fingerprint density at radius 1 is 1.16 bits per heavy atom. The third-order valence-electron chi connectivity index (χ3n) is 3.43.